The van der Waals surface area contributed by atoms with Crippen LogP contribution in [-0.4, -0.2) is 18.4 Å². The standard InChI is InChI=1S/C18H26N2O2/c1-3-4-5-6-10-13-19-18(22)17(20-15(2)21)14-16-11-8-7-9-12-16/h7-9,11-12,14H,3-6,10,13H2,1-2H3,(H,19,22)(H,20,21)/b17-14-. The normalized spacial score (nSPS) is 11.1. The number of carbonyl (C=O) groups is 2. The first-order chi connectivity index (χ1) is 10.6. The summed E-state index contributed by atoms with van der Waals surface area (Å²) in [6, 6.07) is 9.47. The van der Waals surface area contributed by atoms with Crippen molar-refractivity contribution in [2.75, 3.05) is 6.54 Å². The van der Waals surface area contributed by atoms with Gasteiger partial charge < -0.3 is 10.6 Å². The SMILES string of the molecule is CCCCCCCNC(=O)/C(=C/c1ccccc1)NC(C)=O. The lowest BCUT2D eigenvalue weighted by atomic mass is 10.1. The van der Waals surface area contributed by atoms with Gasteiger partial charge in [0, 0.05) is 13.5 Å². The summed E-state index contributed by atoms with van der Waals surface area (Å²) in [4.78, 5) is 23.4. The number of benzene rings is 1. The second kappa shape index (κ2) is 10.6. The van der Waals surface area contributed by atoms with Crippen LogP contribution in [0, 0.1) is 0 Å². The van der Waals surface area contributed by atoms with Crippen molar-refractivity contribution in [1.29, 1.82) is 0 Å². The molecule has 0 aliphatic heterocycles. The van der Waals surface area contributed by atoms with E-state index in [1.807, 2.05) is 30.3 Å². The van der Waals surface area contributed by atoms with Crippen LogP contribution in [0.5, 0.6) is 0 Å². The fraction of sp³-hybridized carbons (Fsp3) is 0.444. The Hall–Kier alpha value is -2.10. The quantitative estimate of drug-likeness (QED) is 0.543. The van der Waals surface area contributed by atoms with Crippen molar-refractivity contribution in [2.24, 2.45) is 0 Å². The molecule has 0 aromatic heterocycles. The molecule has 2 N–H and O–H groups in total. The van der Waals surface area contributed by atoms with Gasteiger partial charge >= 0.3 is 0 Å². The summed E-state index contributed by atoms with van der Waals surface area (Å²) in [5.41, 5.74) is 1.16. The van der Waals surface area contributed by atoms with Gasteiger partial charge in [0.05, 0.1) is 0 Å². The Bertz CT molecular complexity index is 495. The number of unbranched alkanes of at least 4 members (excludes halogenated alkanes) is 4. The molecular formula is C18H26N2O2. The molecule has 1 rings (SSSR count). The van der Waals surface area contributed by atoms with Gasteiger partial charge in [0.25, 0.3) is 5.91 Å². The molecule has 120 valence electrons. The number of amides is 2. The van der Waals surface area contributed by atoms with Crippen molar-refractivity contribution in [2.45, 2.75) is 46.0 Å². The Labute approximate surface area is 133 Å². The summed E-state index contributed by atoms with van der Waals surface area (Å²) in [5, 5.41) is 5.46. The number of hydrogen-bond donors (Lipinski definition) is 2. The van der Waals surface area contributed by atoms with E-state index >= 15 is 0 Å². The average molecular weight is 302 g/mol. The van der Waals surface area contributed by atoms with E-state index in [-0.39, 0.29) is 17.5 Å². The van der Waals surface area contributed by atoms with Crippen LogP contribution in [0.4, 0.5) is 0 Å². The molecule has 0 heterocycles. The number of rotatable bonds is 9. The highest BCUT2D eigenvalue weighted by molar-refractivity contribution is 6.00. The maximum absolute atomic E-state index is 12.2. The molecule has 22 heavy (non-hydrogen) atoms. The Morgan fingerprint density at radius 1 is 1.05 bits per heavy atom. The van der Waals surface area contributed by atoms with Gasteiger partial charge in [-0.15, -0.1) is 0 Å². The molecule has 4 nitrogen and oxygen atoms in total. The van der Waals surface area contributed by atoms with Crippen molar-refractivity contribution in [3.05, 3.63) is 41.6 Å². The van der Waals surface area contributed by atoms with Gasteiger partial charge in [-0.1, -0.05) is 62.9 Å². The molecule has 0 saturated carbocycles. The first-order valence-corrected chi connectivity index (χ1v) is 7.96. The molecule has 4 heteroatoms. The van der Waals surface area contributed by atoms with Gasteiger partial charge in [-0.2, -0.15) is 0 Å². The zero-order valence-electron chi connectivity index (χ0n) is 13.5. The summed E-state index contributed by atoms with van der Waals surface area (Å²) < 4.78 is 0. The smallest absolute Gasteiger partial charge is 0.267 e. The molecular weight excluding hydrogens is 276 g/mol. The van der Waals surface area contributed by atoms with Crippen LogP contribution in [-0.2, 0) is 9.59 Å². The lowest BCUT2D eigenvalue weighted by molar-refractivity contribution is -0.122. The van der Waals surface area contributed by atoms with E-state index in [1.54, 1.807) is 6.08 Å². The largest absolute Gasteiger partial charge is 0.351 e. The monoisotopic (exact) mass is 302 g/mol. The molecule has 0 saturated heterocycles. The van der Waals surface area contributed by atoms with Crippen molar-refractivity contribution in [1.82, 2.24) is 10.6 Å². The van der Waals surface area contributed by atoms with Crippen LogP contribution in [0.2, 0.25) is 0 Å². The number of hydrogen-bond acceptors (Lipinski definition) is 2. The molecule has 0 aliphatic rings. The number of carbonyl (C=O) groups excluding carboxylic acids is 2. The minimum Gasteiger partial charge on any atom is -0.351 e. The van der Waals surface area contributed by atoms with E-state index < -0.39 is 0 Å². The molecule has 0 spiro atoms. The van der Waals surface area contributed by atoms with E-state index in [0.29, 0.717) is 6.54 Å². The van der Waals surface area contributed by atoms with E-state index in [4.69, 9.17) is 0 Å². The second-order valence-electron chi connectivity index (χ2n) is 5.32. The van der Waals surface area contributed by atoms with Gasteiger partial charge in [-0.25, -0.2) is 0 Å². The molecule has 0 aliphatic carbocycles. The zero-order valence-corrected chi connectivity index (χ0v) is 13.5. The van der Waals surface area contributed by atoms with E-state index in [0.717, 1.165) is 18.4 Å². The van der Waals surface area contributed by atoms with Crippen molar-refractivity contribution >= 4 is 17.9 Å². The minimum atomic E-state index is -0.250. The van der Waals surface area contributed by atoms with E-state index in [9.17, 15) is 9.59 Å². The Balaban J connectivity index is 2.54. The zero-order chi connectivity index (χ0) is 16.2. The van der Waals surface area contributed by atoms with E-state index in [2.05, 4.69) is 17.6 Å². The molecule has 0 radical (unpaired) electrons. The first-order valence-electron chi connectivity index (χ1n) is 7.96. The maximum atomic E-state index is 12.2. The van der Waals surface area contributed by atoms with Gasteiger partial charge in [0.15, 0.2) is 0 Å². The fourth-order valence-corrected chi connectivity index (χ4v) is 2.09. The number of nitrogens with one attached hydrogen (secondary N) is 2. The Kier molecular flexibility index (Phi) is 8.65. The summed E-state index contributed by atoms with van der Waals surface area (Å²) in [6.07, 6.45) is 7.41. The predicted molar refractivity (Wildman–Crippen MR) is 90.0 cm³/mol. The summed E-state index contributed by atoms with van der Waals surface area (Å²) in [7, 11) is 0. The highest BCUT2D eigenvalue weighted by Gasteiger charge is 2.10. The fourth-order valence-electron chi connectivity index (χ4n) is 2.09. The molecule has 0 fully saturated rings. The summed E-state index contributed by atoms with van der Waals surface area (Å²) in [5.74, 6) is -0.491. The highest BCUT2D eigenvalue weighted by atomic mass is 16.2. The summed E-state index contributed by atoms with van der Waals surface area (Å²) in [6.45, 7) is 4.21. The van der Waals surface area contributed by atoms with Crippen molar-refractivity contribution in [3.8, 4) is 0 Å². The van der Waals surface area contributed by atoms with Crippen molar-refractivity contribution < 1.29 is 9.59 Å². The Morgan fingerprint density at radius 3 is 2.36 bits per heavy atom. The predicted octanol–water partition coefficient (Wildman–Crippen LogP) is 3.25. The molecule has 0 bridgehead atoms. The molecule has 1 aromatic carbocycles. The molecule has 0 atom stereocenters. The molecule has 2 amide bonds. The van der Waals surface area contributed by atoms with Crippen LogP contribution >= 0.6 is 0 Å². The summed E-state index contributed by atoms with van der Waals surface area (Å²) >= 11 is 0. The first kappa shape index (κ1) is 18.0. The van der Waals surface area contributed by atoms with Crippen LogP contribution in [0.1, 0.15) is 51.5 Å². The third kappa shape index (κ3) is 7.62. The lowest BCUT2D eigenvalue weighted by Crippen LogP contribution is -2.34. The van der Waals surface area contributed by atoms with Crippen LogP contribution < -0.4 is 10.6 Å². The van der Waals surface area contributed by atoms with Crippen LogP contribution in [0.3, 0.4) is 0 Å². The van der Waals surface area contributed by atoms with E-state index in [1.165, 1.54) is 26.2 Å². The minimum absolute atomic E-state index is 0.241. The van der Waals surface area contributed by atoms with Crippen LogP contribution in [0.15, 0.2) is 36.0 Å². The van der Waals surface area contributed by atoms with Crippen LogP contribution in [0.25, 0.3) is 6.08 Å². The van der Waals surface area contributed by atoms with Gasteiger partial charge in [0.1, 0.15) is 5.70 Å². The second-order valence-corrected chi connectivity index (χ2v) is 5.32. The Morgan fingerprint density at radius 2 is 1.73 bits per heavy atom. The average Bonchev–Trinajstić information content (AvgIpc) is 2.50. The third-order valence-corrected chi connectivity index (χ3v) is 3.23. The maximum Gasteiger partial charge on any atom is 0.267 e. The van der Waals surface area contributed by atoms with Gasteiger partial charge in [0.2, 0.25) is 5.91 Å². The van der Waals surface area contributed by atoms with Crippen molar-refractivity contribution in [3.63, 3.8) is 0 Å². The topological polar surface area (TPSA) is 58.2 Å². The molecule has 0 unspecified atom stereocenters. The van der Waals surface area contributed by atoms with Gasteiger partial charge in [-0.3, -0.25) is 9.59 Å². The third-order valence-electron chi connectivity index (χ3n) is 3.23. The molecule has 1 aromatic rings. The van der Waals surface area contributed by atoms with Gasteiger partial charge in [-0.05, 0) is 18.1 Å². The lowest BCUT2D eigenvalue weighted by Gasteiger charge is -2.09. The highest BCUT2D eigenvalue weighted by Crippen LogP contribution is 2.06.